The lowest BCUT2D eigenvalue weighted by molar-refractivity contribution is 0.296. The Morgan fingerprint density at radius 2 is 1.56 bits per heavy atom. The third-order valence-electron chi connectivity index (χ3n) is 1.77. The summed E-state index contributed by atoms with van der Waals surface area (Å²) in [5, 5.41) is 0. The van der Waals surface area contributed by atoms with Crippen LogP contribution in [0.2, 0.25) is 0 Å². The fraction of sp³-hybridized carbons (Fsp3) is 0.231. The highest BCUT2D eigenvalue weighted by molar-refractivity contribution is 6.44. The molecule has 0 N–H and O–H groups in total. The monoisotopic (exact) mass is 233 g/mol. The Kier molecular flexibility index (Phi) is 4.86. The number of rotatable bonds is 6. The minimum Gasteiger partial charge on any atom is -0.514 e. The van der Waals surface area contributed by atoms with Gasteiger partial charge in [0.25, 0.3) is 0 Å². The Labute approximate surface area is 99.1 Å². The van der Waals surface area contributed by atoms with E-state index in [0.29, 0.717) is 11.5 Å². The molecule has 0 unspecified atom stereocenters. The summed E-state index contributed by atoms with van der Waals surface area (Å²) in [6.45, 7) is 11.1. The molecule has 0 bridgehead atoms. The summed E-state index contributed by atoms with van der Waals surface area (Å²) in [7, 11) is -1.40. The van der Waals surface area contributed by atoms with Crippen LogP contribution in [0.15, 0.2) is 55.0 Å². The molecule has 1 rings (SSSR count). The molecule has 0 amide bonds. The Hall–Kier alpha value is -1.48. The van der Waals surface area contributed by atoms with Crippen LogP contribution < -0.4 is 0 Å². The lowest BCUT2D eigenvalue weighted by Gasteiger charge is -2.16. The lowest BCUT2D eigenvalue weighted by Crippen LogP contribution is -2.24. The molecule has 0 aliphatic carbocycles. The summed E-state index contributed by atoms with van der Waals surface area (Å²) in [5.74, 6) is 1.37. The lowest BCUT2D eigenvalue weighted by atomic mass is 10.2. The summed E-state index contributed by atoms with van der Waals surface area (Å²) in [5.41, 5.74) is 1.21. The first kappa shape index (κ1) is 12.6. The van der Waals surface area contributed by atoms with Gasteiger partial charge in [-0.1, -0.05) is 43.5 Å². The van der Waals surface area contributed by atoms with Gasteiger partial charge in [0.15, 0.2) is 0 Å². The molecule has 0 fully saturated rings. The minimum atomic E-state index is -1.40. The van der Waals surface area contributed by atoms with Crippen LogP contribution in [0.3, 0.4) is 0 Å². The Bertz CT molecular complexity index is 343. The van der Waals surface area contributed by atoms with Crippen LogP contribution in [-0.2, 0) is 14.9 Å². The van der Waals surface area contributed by atoms with E-state index < -0.39 is 9.28 Å². The van der Waals surface area contributed by atoms with Gasteiger partial charge < -0.3 is 8.85 Å². The minimum absolute atomic E-state index is 0.686. The molecular formula is C13H17O2Si. The van der Waals surface area contributed by atoms with Crippen molar-refractivity contribution < 1.29 is 8.85 Å². The standard InChI is InChI=1S/C13H17O2Si/c1-11(2)14-16(15-12(3)4)10-13-8-6-5-7-9-13/h5-9H,1,3,10H2,2,4H3. The van der Waals surface area contributed by atoms with Crippen molar-refractivity contribution in [3.05, 3.63) is 60.6 Å². The Morgan fingerprint density at radius 3 is 2.00 bits per heavy atom. The molecule has 3 heteroatoms. The maximum absolute atomic E-state index is 5.59. The molecule has 0 aliphatic rings. The molecule has 0 atom stereocenters. The van der Waals surface area contributed by atoms with Crippen LogP contribution in [0.4, 0.5) is 0 Å². The first-order valence-corrected chi connectivity index (χ1v) is 6.66. The Balaban J connectivity index is 2.63. The van der Waals surface area contributed by atoms with E-state index >= 15 is 0 Å². The first-order chi connectivity index (χ1) is 7.58. The number of hydrogen-bond acceptors (Lipinski definition) is 2. The van der Waals surface area contributed by atoms with Crippen molar-refractivity contribution in [1.82, 2.24) is 0 Å². The topological polar surface area (TPSA) is 18.5 Å². The molecule has 0 aliphatic heterocycles. The third kappa shape index (κ3) is 4.84. The first-order valence-electron chi connectivity index (χ1n) is 5.14. The van der Waals surface area contributed by atoms with Crippen LogP contribution >= 0.6 is 0 Å². The molecular weight excluding hydrogens is 216 g/mol. The predicted octanol–water partition coefficient (Wildman–Crippen LogP) is 3.36. The smallest absolute Gasteiger partial charge is 0.514 e. The van der Waals surface area contributed by atoms with E-state index in [0.717, 1.165) is 6.04 Å². The van der Waals surface area contributed by atoms with Crippen molar-refractivity contribution >= 4 is 9.28 Å². The zero-order valence-corrected chi connectivity index (χ0v) is 10.8. The van der Waals surface area contributed by atoms with Gasteiger partial charge in [-0.2, -0.15) is 0 Å². The van der Waals surface area contributed by atoms with Crippen LogP contribution in [0, 0.1) is 0 Å². The fourth-order valence-corrected chi connectivity index (χ4v) is 2.78. The van der Waals surface area contributed by atoms with Gasteiger partial charge in [-0.05, 0) is 19.4 Å². The van der Waals surface area contributed by atoms with Crippen LogP contribution in [0.5, 0.6) is 0 Å². The maximum atomic E-state index is 5.59. The highest BCUT2D eigenvalue weighted by atomic mass is 28.3. The van der Waals surface area contributed by atoms with E-state index in [9.17, 15) is 0 Å². The van der Waals surface area contributed by atoms with Gasteiger partial charge in [-0.3, -0.25) is 0 Å². The van der Waals surface area contributed by atoms with Crippen molar-refractivity contribution in [2.45, 2.75) is 19.9 Å². The van der Waals surface area contributed by atoms with Gasteiger partial charge in [-0.15, -0.1) is 0 Å². The normalized spacial score (nSPS) is 9.94. The average Bonchev–Trinajstić information content (AvgIpc) is 2.16. The van der Waals surface area contributed by atoms with Crippen molar-refractivity contribution in [2.75, 3.05) is 0 Å². The second-order valence-corrected chi connectivity index (χ2v) is 5.15. The summed E-state index contributed by atoms with van der Waals surface area (Å²) in [6.07, 6.45) is 0. The molecule has 85 valence electrons. The molecule has 0 saturated carbocycles. The van der Waals surface area contributed by atoms with E-state index in [1.54, 1.807) is 0 Å². The van der Waals surface area contributed by atoms with E-state index in [-0.39, 0.29) is 0 Å². The van der Waals surface area contributed by atoms with Crippen LogP contribution in [0.1, 0.15) is 19.4 Å². The predicted molar refractivity (Wildman–Crippen MR) is 67.7 cm³/mol. The zero-order valence-electron chi connectivity index (χ0n) is 9.82. The van der Waals surface area contributed by atoms with Crippen molar-refractivity contribution in [3.63, 3.8) is 0 Å². The highest BCUT2D eigenvalue weighted by Gasteiger charge is 2.20. The summed E-state index contributed by atoms with van der Waals surface area (Å²) in [6, 6.07) is 10.9. The molecule has 1 aromatic rings. The second-order valence-electron chi connectivity index (χ2n) is 3.64. The zero-order chi connectivity index (χ0) is 12.0. The molecule has 16 heavy (non-hydrogen) atoms. The van der Waals surface area contributed by atoms with E-state index in [1.807, 2.05) is 32.0 Å². The second kappa shape index (κ2) is 6.18. The average molecular weight is 233 g/mol. The third-order valence-corrected chi connectivity index (χ3v) is 3.62. The number of allylic oxidation sites excluding steroid dienone is 2. The molecule has 1 aromatic carbocycles. The van der Waals surface area contributed by atoms with Crippen LogP contribution in [-0.4, -0.2) is 9.28 Å². The summed E-state index contributed by atoms with van der Waals surface area (Å²) >= 11 is 0. The number of benzene rings is 1. The fourth-order valence-electron chi connectivity index (χ4n) is 1.24. The molecule has 0 spiro atoms. The van der Waals surface area contributed by atoms with Crippen molar-refractivity contribution in [3.8, 4) is 0 Å². The van der Waals surface area contributed by atoms with Crippen molar-refractivity contribution in [2.24, 2.45) is 0 Å². The van der Waals surface area contributed by atoms with Crippen molar-refractivity contribution in [1.29, 1.82) is 0 Å². The van der Waals surface area contributed by atoms with Gasteiger partial charge in [0, 0.05) is 6.04 Å². The number of hydrogen-bond donors (Lipinski definition) is 0. The van der Waals surface area contributed by atoms with Gasteiger partial charge in [0.2, 0.25) is 0 Å². The maximum Gasteiger partial charge on any atom is 0.536 e. The van der Waals surface area contributed by atoms with Gasteiger partial charge in [-0.25, -0.2) is 0 Å². The molecule has 1 radical (unpaired) electrons. The van der Waals surface area contributed by atoms with E-state index in [2.05, 4.69) is 25.3 Å². The SMILES string of the molecule is C=C(C)O[Si](Cc1ccccc1)OC(=C)C. The quantitative estimate of drug-likeness (QED) is 0.554. The van der Waals surface area contributed by atoms with Gasteiger partial charge in [0.05, 0.1) is 11.5 Å². The molecule has 0 aromatic heterocycles. The largest absolute Gasteiger partial charge is 0.536 e. The highest BCUT2D eigenvalue weighted by Crippen LogP contribution is 2.09. The van der Waals surface area contributed by atoms with Gasteiger partial charge >= 0.3 is 9.28 Å². The summed E-state index contributed by atoms with van der Waals surface area (Å²) < 4.78 is 11.2. The van der Waals surface area contributed by atoms with Crippen LogP contribution in [0.25, 0.3) is 0 Å². The van der Waals surface area contributed by atoms with E-state index in [4.69, 9.17) is 8.85 Å². The van der Waals surface area contributed by atoms with Gasteiger partial charge in [0.1, 0.15) is 0 Å². The summed E-state index contributed by atoms with van der Waals surface area (Å²) in [4.78, 5) is 0. The molecule has 0 saturated heterocycles. The molecule has 2 nitrogen and oxygen atoms in total. The van der Waals surface area contributed by atoms with E-state index in [1.165, 1.54) is 5.56 Å². The molecule has 0 heterocycles. The Morgan fingerprint density at radius 1 is 1.06 bits per heavy atom.